The molecule has 19 heavy (non-hydrogen) atoms. The fourth-order valence-corrected chi connectivity index (χ4v) is 2.40. The van der Waals surface area contributed by atoms with Crippen molar-refractivity contribution < 1.29 is 24.5 Å². The Morgan fingerprint density at radius 2 is 1.95 bits per heavy atom. The van der Waals surface area contributed by atoms with E-state index >= 15 is 0 Å². The molecule has 0 spiro atoms. The van der Waals surface area contributed by atoms with E-state index in [4.69, 9.17) is 4.74 Å². The molecule has 0 aromatic rings. The number of nitrogens with zero attached hydrogens (tertiary/aromatic N) is 1. The van der Waals surface area contributed by atoms with Crippen molar-refractivity contribution in [2.75, 3.05) is 6.54 Å². The maximum Gasteiger partial charge on any atom is 0.411 e. The van der Waals surface area contributed by atoms with Crippen LogP contribution >= 0.6 is 0 Å². The van der Waals surface area contributed by atoms with Crippen LogP contribution < -0.4 is 0 Å². The molecular weight excluding hydrogens is 250 g/mol. The highest BCUT2D eigenvalue weighted by molar-refractivity contribution is 5.81. The SMILES string of the molecule is CCC[C@H]1[C@@H](C(=O)O)N(C(=O)OC(C)(C)C)C[C@@H]1O. The van der Waals surface area contributed by atoms with E-state index in [1.807, 2.05) is 6.92 Å². The third kappa shape index (κ3) is 3.83. The van der Waals surface area contributed by atoms with E-state index in [0.717, 1.165) is 11.3 Å². The first kappa shape index (κ1) is 15.8. The number of rotatable bonds is 3. The third-order valence-corrected chi connectivity index (χ3v) is 3.12. The second kappa shape index (κ2) is 5.77. The van der Waals surface area contributed by atoms with Crippen LogP contribution in [0, 0.1) is 5.92 Å². The highest BCUT2D eigenvalue weighted by Gasteiger charge is 2.48. The zero-order valence-corrected chi connectivity index (χ0v) is 11.9. The second-order valence-electron chi connectivity index (χ2n) is 5.94. The Morgan fingerprint density at radius 3 is 2.37 bits per heavy atom. The third-order valence-electron chi connectivity index (χ3n) is 3.12. The average Bonchev–Trinajstić information content (AvgIpc) is 2.54. The Bertz CT molecular complexity index is 349. The maximum atomic E-state index is 12.0. The van der Waals surface area contributed by atoms with Gasteiger partial charge >= 0.3 is 12.1 Å². The van der Waals surface area contributed by atoms with E-state index in [1.165, 1.54) is 0 Å². The predicted molar refractivity (Wildman–Crippen MR) is 68.8 cm³/mol. The molecular formula is C13H23NO5. The normalized spacial score (nSPS) is 27.4. The molecule has 1 heterocycles. The van der Waals surface area contributed by atoms with Crippen molar-refractivity contribution in [3.8, 4) is 0 Å². The molecule has 110 valence electrons. The minimum Gasteiger partial charge on any atom is -0.480 e. The molecule has 1 aliphatic rings. The summed E-state index contributed by atoms with van der Waals surface area (Å²) < 4.78 is 5.19. The zero-order valence-electron chi connectivity index (χ0n) is 11.9. The number of aliphatic carboxylic acids is 1. The van der Waals surface area contributed by atoms with E-state index in [0.29, 0.717) is 6.42 Å². The van der Waals surface area contributed by atoms with Crippen molar-refractivity contribution in [3.63, 3.8) is 0 Å². The van der Waals surface area contributed by atoms with Gasteiger partial charge in [-0.25, -0.2) is 9.59 Å². The largest absolute Gasteiger partial charge is 0.480 e. The number of carbonyl (C=O) groups excluding carboxylic acids is 1. The van der Waals surface area contributed by atoms with Crippen LogP contribution in [0.1, 0.15) is 40.5 Å². The van der Waals surface area contributed by atoms with E-state index in [9.17, 15) is 19.8 Å². The lowest BCUT2D eigenvalue weighted by Gasteiger charge is -2.28. The van der Waals surface area contributed by atoms with Crippen LogP contribution in [0.2, 0.25) is 0 Å². The Balaban J connectivity index is 2.88. The van der Waals surface area contributed by atoms with E-state index in [1.54, 1.807) is 20.8 Å². The number of aliphatic hydroxyl groups is 1. The van der Waals surface area contributed by atoms with Gasteiger partial charge in [-0.05, 0) is 27.2 Å². The molecule has 0 aliphatic carbocycles. The summed E-state index contributed by atoms with van der Waals surface area (Å²) in [4.78, 5) is 24.5. The maximum absolute atomic E-state index is 12.0. The highest BCUT2D eigenvalue weighted by atomic mass is 16.6. The van der Waals surface area contributed by atoms with Gasteiger partial charge in [-0.2, -0.15) is 0 Å². The van der Waals surface area contributed by atoms with Gasteiger partial charge in [0.2, 0.25) is 0 Å². The molecule has 0 unspecified atom stereocenters. The van der Waals surface area contributed by atoms with Gasteiger partial charge in [-0.15, -0.1) is 0 Å². The number of hydrogen-bond donors (Lipinski definition) is 2. The summed E-state index contributed by atoms with van der Waals surface area (Å²) in [6.45, 7) is 7.09. The number of aliphatic hydroxyl groups excluding tert-OH is 1. The average molecular weight is 273 g/mol. The number of β-amino-alcohol motifs (C(OH)–C–C–N with tert-alkyl or cyclic N) is 1. The Hall–Kier alpha value is -1.30. The molecule has 1 rings (SSSR count). The summed E-state index contributed by atoms with van der Waals surface area (Å²) in [5.41, 5.74) is -0.687. The van der Waals surface area contributed by atoms with Gasteiger partial charge in [0.15, 0.2) is 0 Å². The van der Waals surface area contributed by atoms with Crippen molar-refractivity contribution in [2.45, 2.75) is 58.3 Å². The van der Waals surface area contributed by atoms with Crippen molar-refractivity contribution in [3.05, 3.63) is 0 Å². The minimum atomic E-state index is -1.10. The standard InChI is InChI=1S/C13H23NO5/c1-5-6-8-9(15)7-14(10(8)11(16)17)12(18)19-13(2,3)4/h8-10,15H,5-7H2,1-4H3,(H,16,17)/t8-,9+,10+/m1/s1. The molecule has 1 fully saturated rings. The highest BCUT2D eigenvalue weighted by Crippen LogP contribution is 2.30. The summed E-state index contributed by atoms with van der Waals surface area (Å²) in [5.74, 6) is -1.53. The molecule has 1 amide bonds. The van der Waals surface area contributed by atoms with Crippen LogP contribution in [-0.2, 0) is 9.53 Å². The quantitative estimate of drug-likeness (QED) is 0.813. The fraction of sp³-hybridized carbons (Fsp3) is 0.846. The number of amides is 1. The molecule has 0 bridgehead atoms. The fourth-order valence-electron chi connectivity index (χ4n) is 2.40. The van der Waals surface area contributed by atoms with Crippen molar-refractivity contribution in [2.24, 2.45) is 5.92 Å². The first-order valence-electron chi connectivity index (χ1n) is 6.58. The van der Waals surface area contributed by atoms with Gasteiger partial charge in [-0.1, -0.05) is 13.3 Å². The lowest BCUT2D eigenvalue weighted by Crippen LogP contribution is -2.45. The Kier molecular flexibility index (Phi) is 4.79. The molecule has 6 nitrogen and oxygen atoms in total. The molecule has 0 saturated carbocycles. The second-order valence-corrected chi connectivity index (χ2v) is 5.94. The summed E-state index contributed by atoms with van der Waals surface area (Å²) >= 11 is 0. The summed E-state index contributed by atoms with van der Waals surface area (Å²) in [6, 6.07) is -1.01. The smallest absolute Gasteiger partial charge is 0.411 e. The number of carboxylic acids is 1. The molecule has 1 saturated heterocycles. The van der Waals surface area contributed by atoms with Crippen LogP contribution in [0.3, 0.4) is 0 Å². The van der Waals surface area contributed by atoms with Crippen molar-refractivity contribution >= 4 is 12.1 Å². The van der Waals surface area contributed by atoms with Gasteiger partial charge in [0.05, 0.1) is 12.6 Å². The number of carboxylic acid groups (broad SMARTS) is 1. The van der Waals surface area contributed by atoms with Crippen LogP contribution in [0.5, 0.6) is 0 Å². The molecule has 1 aliphatic heterocycles. The summed E-state index contributed by atoms with van der Waals surface area (Å²) in [7, 11) is 0. The zero-order chi connectivity index (χ0) is 14.8. The van der Waals surface area contributed by atoms with Gasteiger partial charge < -0.3 is 14.9 Å². The molecule has 0 radical (unpaired) electrons. The molecule has 2 N–H and O–H groups in total. The number of ether oxygens (including phenoxy) is 1. The van der Waals surface area contributed by atoms with Crippen molar-refractivity contribution in [1.82, 2.24) is 4.90 Å². The topological polar surface area (TPSA) is 87.1 Å². The molecule has 6 heteroatoms. The monoisotopic (exact) mass is 273 g/mol. The number of likely N-dealkylation sites (tertiary alicyclic amines) is 1. The lowest BCUT2D eigenvalue weighted by atomic mass is 9.93. The van der Waals surface area contributed by atoms with E-state index in [2.05, 4.69) is 0 Å². The number of hydrogen-bond acceptors (Lipinski definition) is 4. The lowest BCUT2D eigenvalue weighted by molar-refractivity contribution is -0.143. The predicted octanol–water partition coefficient (Wildman–Crippen LogP) is 1.47. The van der Waals surface area contributed by atoms with Gasteiger partial charge in [0, 0.05) is 5.92 Å². The van der Waals surface area contributed by atoms with Gasteiger partial charge in [0.1, 0.15) is 11.6 Å². The molecule has 3 atom stereocenters. The summed E-state index contributed by atoms with van der Waals surface area (Å²) in [6.07, 6.45) is -0.170. The summed E-state index contributed by atoms with van der Waals surface area (Å²) in [5, 5.41) is 19.2. The van der Waals surface area contributed by atoms with Crippen molar-refractivity contribution in [1.29, 1.82) is 0 Å². The van der Waals surface area contributed by atoms with Gasteiger partial charge in [0.25, 0.3) is 0 Å². The Morgan fingerprint density at radius 1 is 1.37 bits per heavy atom. The van der Waals surface area contributed by atoms with E-state index in [-0.39, 0.29) is 6.54 Å². The first-order valence-corrected chi connectivity index (χ1v) is 6.58. The van der Waals surface area contributed by atoms with Crippen LogP contribution in [0.15, 0.2) is 0 Å². The minimum absolute atomic E-state index is 0.0105. The van der Waals surface area contributed by atoms with E-state index < -0.39 is 35.7 Å². The Labute approximate surface area is 113 Å². The van der Waals surface area contributed by atoms with Crippen LogP contribution in [0.4, 0.5) is 4.79 Å². The number of carbonyl (C=O) groups is 2. The van der Waals surface area contributed by atoms with Gasteiger partial charge in [-0.3, -0.25) is 4.90 Å². The van der Waals surface area contributed by atoms with Crippen LogP contribution in [-0.4, -0.2) is 51.5 Å². The van der Waals surface area contributed by atoms with Crippen LogP contribution in [0.25, 0.3) is 0 Å². The first-order chi connectivity index (χ1) is 8.67. The molecule has 0 aromatic carbocycles. The molecule has 0 aromatic heterocycles.